The van der Waals surface area contributed by atoms with E-state index < -0.39 is 10.0 Å². The Bertz CT molecular complexity index is 457. The second-order valence-electron chi connectivity index (χ2n) is 4.36. The molecular formula is C13H23N3O2S. The van der Waals surface area contributed by atoms with E-state index in [2.05, 4.69) is 10.0 Å². The summed E-state index contributed by atoms with van der Waals surface area (Å²) in [5.74, 6) is 0. The van der Waals surface area contributed by atoms with Crippen LogP contribution in [0.25, 0.3) is 0 Å². The standard InChI is InChI=1S/C13H23N3O2S/c1-15-19(17,18)13-8-6-12(7-9-13)16-11-5-3-2-4-10-14/h6-9,15-16H,2-5,10-11,14H2,1H3. The average Bonchev–Trinajstić information content (AvgIpc) is 2.43. The van der Waals surface area contributed by atoms with Crippen LogP contribution in [0.15, 0.2) is 29.2 Å². The van der Waals surface area contributed by atoms with Gasteiger partial charge in [-0.3, -0.25) is 0 Å². The van der Waals surface area contributed by atoms with Crippen LogP contribution >= 0.6 is 0 Å². The first-order chi connectivity index (χ1) is 9.10. The van der Waals surface area contributed by atoms with Gasteiger partial charge < -0.3 is 11.1 Å². The van der Waals surface area contributed by atoms with Crippen LogP contribution in [0.2, 0.25) is 0 Å². The van der Waals surface area contributed by atoms with Crippen molar-refractivity contribution in [2.45, 2.75) is 30.6 Å². The SMILES string of the molecule is CNS(=O)(=O)c1ccc(NCCCCCCN)cc1. The maximum absolute atomic E-state index is 11.5. The van der Waals surface area contributed by atoms with Crippen LogP contribution in [0.3, 0.4) is 0 Å². The topological polar surface area (TPSA) is 84.2 Å². The molecule has 0 heterocycles. The average molecular weight is 285 g/mol. The van der Waals surface area contributed by atoms with Gasteiger partial charge in [0, 0.05) is 12.2 Å². The van der Waals surface area contributed by atoms with Gasteiger partial charge in [-0.25, -0.2) is 13.1 Å². The Hall–Kier alpha value is -1.11. The molecule has 108 valence electrons. The minimum Gasteiger partial charge on any atom is -0.385 e. The van der Waals surface area contributed by atoms with Gasteiger partial charge in [-0.05, 0) is 50.7 Å². The van der Waals surface area contributed by atoms with Crippen molar-refractivity contribution in [3.8, 4) is 0 Å². The molecule has 5 nitrogen and oxygen atoms in total. The molecule has 0 aliphatic carbocycles. The number of benzene rings is 1. The smallest absolute Gasteiger partial charge is 0.240 e. The third-order valence-corrected chi connectivity index (χ3v) is 4.32. The quantitative estimate of drug-likeness (QED) is 0.601. The van der Waals surface area contributed by atoms with Gasteiger partial charge in [0.2, 0.25) is 10.0 Å². The molecule has 0 aliphatic heterocycles. The van der Waals surface area contributed by atoms with Crippen molar-refractivity contribution >= 4 is 15.7 Å². The second kappa shape index (κ2) is 8.14. The van der Waals surface area contributed by atoms with Crippen molar-refractivity contribution in [2.24, 2.45) is 5.73 Å². The third kappa shape index (κ3) is 5.59. The lowest BCUT2D eigenvalue weighted by molar-refractivity contribution is 0.588. The zero-order chi connectivity index (χ0) is 14.1. The van der Waals surface area contributed by atoms with Gasteiger partial charge in [0.05, 0.1) is 4.90 Å². The van der Waals surface area contributed by atoms with E-state index >= 15 is 0 Å². The number of hydrogen-bond donors (Lipinski definition) is 3. The minimum atomic E-state index is -3.34. The normalized spacial score (nSPS) is 11.5. The lowest BCUT2D eigenvalue weighted by atomic mass is 10.2. The Morgan fingerprint density at radius 3 is 2.26 bits per heavy atom. The van der Waals surface area contributed by atoms with Gasteiger partial charge in [-0.15, -0.1) is 0 Å². The maximum atomic E-state index is 11.5. The van der Waals surface area contributed by atoms with E-state index in [4.69, 9.17) is 5.73 Å². The van der Waals surface area contributed by atoms with Crippen molar-refractivity contribution < 1.29 is 8.42 Å². The van der Waals surface area contributed by atoms with Crippen LogP contribution in [0.4, 0.5) is 5.69 Å². The number of anilines is 1. The molecule has 0 spiro atoms. The molecular weight excluding hydrogens is 262 g/mol. The van der Waals surface area contributed by atoms with Crippen LogP contribution < -0.4 is 15.8 Å². The van der Waals surface area contributed by atoms with Gasteiger partial charge in [0.15, 0.2) is 0 Å². The molecule has 19 heavy (non-hydrogen) atoms. The van der Waals surface area contributed by atoms with Crippen molar-refractivity contribution in [3.05, 3.63) is 24.3 Å². The summed E-state index contributed by atoms with van der Waals surface area (Å²) in [6.45, 7) is 1.65. The molecule has 4 N–H and O–H groups in total. The first-order valence-electron chi connectivity index (χ1n) is 6.57. The van der Waals surface area contributed by atoms with E-state index in [1.54, 1.807) is 24.3 Å². The van der Waals surface area contributed by atoms with Crippen molar-refractivity contribution in [1.29, 1.82) is 0 Å². The van der Waals surface area contributed by atoms with E-state index in [-0.39, 0.29) is 4.90 Å². The lowest BCUT2D eigenvalue weighted by Gasteiger charge is -2.07. The fourth-order valence-corrected chi connectivity index (χ4v) is 2.46. The van der Waals surface area contributed by atoms with Crippen LogP contribution in [0.5, 0.6) is 0 Å². The minimum absolute atomic E-state index is 0.281. The summed E-state index contributed by atoms with van der Waals surface area (Å²) < 4.78 is 25.4. The number of rotatable bonds is 9. The molecule has 0 atom stereocenters. The van der Waals surface area contributed by atoms with Gasteiger partial charge >= 0.3 is 0 Å². The molecule has 0 bridgehead atoms. The lowest BCUT2D eigenvalue weighted by Crippen LogP contribution is -2.18. The summed E-state index contributed by atoms with van der Waals surface area (Å²) >= 11 is 0. The summed E-state index contributed by atoms with van der Waals surface area (Å²) in [5.41, 5.74) is 6.36. The van der Waals surface area contributed by atoms with Crippen LogP contribution in [0.1, 0.15) is 25.7 Å². The van der Waals surface area contributed by atoms with Gasteiger partial charge in [0.1, 0.15) is 0 Å². The highest BCUT2D eigenvalue weighted by atomic mass is 32.2. The van der Waals surface area contributed by atoms with Crippen molar-refractivity contribution in [3.63, 3.8) is 0 Å². The van der Waals surface area contributed by atoms with E-state index in [0.717, 1.165) is 44.5 Å². The van der Waals surface area contributed by atoms with Crippen LogP contribution in [-0.2, 0) is 10.0 Å². The summed E-state index contributed by atoms with van der Waals surface area (Å²) in [6.07, 6.45) is 4.50. The summed E-state index contributed by atoms with van der Waals surface area (Å²) in [5, 5.41) is 3.27. The Morgan fingerprint density at radius 1 is 1.05 bits per heavy atom. The summed E-state index contributed by atoms with van der Waals surface area (Å²) in [4.78, 5) is 0.281. The molecule has 1 aromatic carbocycles. The van der Waals surface area contributed by atoms with Gasteiger partial charge in [0.25, 0.3) is 0 Å². The van der Waals surface area contributed by atoms with Crippen LogP contribution in [0, 0.1) is 0 Å². The molecule has 0 radical (unpaired) electrons. The fraction of sp³-hybridized carbons (Fsp3) is 0.538. The van der Waals surface area contributed by atoms with E-state index in [0.29, 0.717) is 0 Å². The molecule has 0 amide bonds. The Morgan fingerprint density at radius 2 is 1.68 bits per heavy atom. The Balaban J connectivity index is 2.37. The number of nitrogens with two attached hydrogens (primary N) is 1. The predicted molar refractivity (Wildman–Crippen MR) is 78.7 cm³/mol. The monoisotopic (exact) mass is 285 g/mol. The zero-order valence-electron chi connectivity index (χ0n) is 11.4. The van der Waals surface area contributed by atoms with Crippen LogP contribution in [-0.4, -0.2) is 28.6 Å². The van der Waals surface area contributed by atoms with Crippen molar-refractivity contribution in [1.82, 2.24) is 4.72 Å². The zero-order valence-corrected chi connectivity index (χ0v) is 12.2. The highest BCUT2D eigenvalue weighted by Crippen LogP contribution is 2.13. The highest BCUT2D eigenvalue weighted by Gasteiger charge is 2.09. The maximum Gasteiger partial charge on any atom is 0.240 e. The molecule has 1 rings (SSSR count). The van der Waals surface area contributed by atoms with Gasteiger partial charge in [-0.1, -0.05) is 12.8 Å². The molecule has 0 unspecified atom stereocenters. The fourth-order valence-electron chi connectivity index (χ4n) is 1.73. The molecule has 0 aliphatic rings. The number of unbranched alkanes of at least 4 members (excludes halogenated alkanes) is 3. The predicted octanol–water partition coefficient (Wildman–Crippen LogP) is 1.53. The Kier molecular flexibility index (Phi) is 6.83. The third-order valence-electron chi connectivity index (χ3n) is 2.89. The molecule has 0 fully saturated rings. The molecule has 0 saturated heterocycles. The first kappa shape index (κ1) is 15.9. The summed E-state index contributed by atoms with van der Waals surface area (Å²) in [6, 6.07) is 6.76. The molecule has 0 saturated carbocycles. The van der Waals surface area contributed by atoms with Gasteiger partial charge in [-0.2, -0.15) is 0 Å². The van der Waals surface area contributed by atoms with E-state index in [1.807, 2.05) is 0 Å². The Labute approximate surface area is 115 Å². The number of sulfonamides is 1. The number of hydrogen-bond acceptors (Lipinski definition) is 4. The van der Waals surface area contributed by atoms with E-state index in [1.165, 1.54) is 7.05 Å². The second-order valence-corrected chi connectivity index (χ2v) is 6.25. The summed E-state index contributed by atoms with van der Waals surface area (Å²) in [7, 11) is -1.93. The largest absolute Gasteiger partial charge is 0.385 e. The first-order valence-corrected chi connectivity index (χ1v) is 8.06. The molecule has 1 aromatic rings. The number of nitrogens with one attached hydrogen (secondary N) is 2. The molecule has 0 aromatic heterocycles. The molecule has 6 heteroatoms. The van der Waals surface area contributed by atoms with Crippen molar-refractivity contribution in [2.75, 3.05) is 25.5 Å². The van der Waals surface area contributed by atoms with E-state index in [9.17, 15) is 8.42 Å². The highest BCUT2D eigenvalue weighted by molar-refractivity contribution is 7.89.